The second-order valence-corrected chi connectivity index (χ2v) is 15.1. The van der Waals surface area contributed by atoms with Crippen molar-refractivity contribution in [3.8, 4) is 0 Å². The van der Waals surface area contributed by atoms with Gasteiger partial charge in [0.1, 0.15) is 23.2 Å². The summed E-state index contributed by atoms with van der Waals surface area (Å²) in [7, 11) is 0. The molecule has 2 unspecified atom stereocenters. The van der Waals surface area contributed by atoms with Crippen molar-refractivity contribution in [1.29, 1.82) is 0 Å². The van der Waals surface area contributed by atoms with Crippen molar-refractivity contribution in [2.75, 3.05) is 6.54 Å². The van der Waals surface area contributed by atoms with Gasteiger partial charge in [0, 0.05) is 13.0 Å². The normalized spacial score (nSPS) is 19.4. The highest BCUT2D eigenvalue weighted by atomic mass is 19.4. The van der Waals surface area contributed by atoms with Gasteiger partial charge in [-0.25, -0.2) is 9.59 Å². The number of hydrogen-bond acceptors (Lipinski definition) is 7. The highest BCUT2D eigenvalue weighted by Crippen LogP contribution is 2.31. The Morgan fingerprint density at radius 3 is 1.96 bits per heavy atom. The third kappa shape index (κ3) is 12.1. The van der Waals surface area contributed by atoms with Crippen LogP contribution in [0.1, 0.15) is 102 Å². The van der Waals surface area contributed by atoms with Gasteiger partial charge in [-0.3, -0.25) is 19.2 Å². The molecular formula is C33H54F3N5O7. The molecule has 5 amide bonds. The first-order chi connectivity index (χ1) is 21.6. The van der Waals surface area contributed by atoms with Crippen LogP contribution in [0.2, 0.25) is 0 Å². The zero-order valence-corrected chi connectivity index (χ0v) is 30.0. The number of carbonyl (C=O) groups excluding carboxylic acids is 6. The molecule has 5 atom stereocenters. The van der Waals surface area contributed by atoms with Crippen LogP contribution in [-0.2, 0) is 28.7 Å². The van der Waals surface area contributed by atoms with E-state index >= 15 is 0 Å². The third-order valence-corrected chi connectivity index (χ3v) is 8.11. The number of carbonyl (C=O) groups is 6. The van der Waals surface area contributed by atoms with Crippen LogP contribution in [0, 0.1) is 17.3 Å². The summed E-state index contributed by atoms with van der Waals surface area (Å²) in [6.07, 6.45) is -4.98. The summed E-state index contributed by atoms with van der Waals surface area (Å²) >= 11 is 0. The number of urea groups is 1. The molecule has 0 aromatic rings. The molecule has 5 N–H and O–H groups in total. The minimum absolute atomic E-state index is 0.0256. The molecular weight excluding hydrogens is 635 g/mol. The van der Waals surface area contributed by atoms with Crippen LogP contribution < -0.4 is 21.7 Å². The van der Waals surface area contributed by atoms with Gasteiger partial charge < -0.3 is 31.3 Å². The van der Waals surface area contributed by atoms with Gasteiger partial charge in [-0.1, -0.05) is 53.2 Å². The van der Waals surface area contributed by atoms with E-state index in [0.717, 1.165) is 5.57 Å². The molecule has 0 bridgehead atoms. The number of likely N-dealkylation sites (tertiary alicyclic amines) is 1. The molecule has 0 saturated carbocycles. The Morgan fingerprint density at radius 2 is 1.54 bits per heavy atom. The number of primary amides is 1. The van der Waals surface area contributed by atoms with Gasteiger partial charge in [0.15, 0.2) is 0 Å². The summed E-state index contributed by atoms with van der Waals surface area (Å²) in [5.41, 5.74) is 2.72. The molecule has 1 fully saturated rings. The second kappa shape index (κ2) is 16.2. The van der Waals surface area contributed by atoms with E-state index in [2.05, 4.69) is 16.0 Å². The number of ketones is 1. The maximum absolute atomic E-state index is 14.3. The Bertz CT molecular complexity index is 1250. The zero-order valence-electron chi connectivity index (χ0n) is 30.0. The minimum Gasteiger partial charge on any atom is -0.458 e. The zero-order chi connectivity index (χ0) is 37.6. The van der Waals surface area contributed by atoms with Gasteiger partial charge in [0.2, 0.25) is 17.6 Å². The van der Waals surface area contributed by atoms with Crippen LogP contribution >= 0.6 is 0 Å². The van der Waals surface area contributed by atoms with Crippen molar-refractivity contribution in [2.45, 2.75) is 137 Å². The predicted molar refractivity (Wildman–Crippen MR) is 173 cm³/mol. The van der Waals surface area contributed by atoms with E-state index in [4.69, 9.17) is 10.5 Å². The lowest BCUT2D eigenvalue weighted by atomic mass is 9.83. The largest absolute Gasteiger partial charge is 0.458 e. The second-order valence-electron chi connectivity index (χ2n) is 15.1. The number of halogens is 3. The maximum atomic E-state index is 14.3. The number of nitrogens with two attached hydrogens (primary N) is 1. The molecule has 12 nitrogen and oxygen atoms in total. The fraction of sp³-hybridized carbons (Fsp3) is 0.758. The fourth-order valence-corrected chi connectivity index (χ4v) is 5.59. The number of amides is 5. The highest BCUT2D eigenvalue weighted by Gasteiger charge is 2.48. The van der Waals surface area contributed by atoms with Crippen LogP contribution in [0.15, 0.2) is 11.6 Å². The topological polar surface area (TPSA) is 177 Å². The lowest BCUT2D eigenvalue weighted by Gasteiger charge is -2.39. The van der Waals surface area contributed by atoms with Crippen molar-refractivity contribution in [2.24, 2.45) is 23.0 Å². The Morgan fingerprint density at radius 1 is 0.979 bits per heavy atom. The number of alkyl halides is 3. The molecule has 0 aromatic heterocycles. The van der Waals surface area contributed by atoms with Gasteiger partial charge in [0.05, 0.1) is 6.04 Å². The Balaban J connectivity index is 3.48. The van der Waals surface area contributed by atoms with Crippen LogP contribution in [0.25, 0.3) is 0 Å². The number of ether oxygens (including phenoxy) is 1. The lowest BCUT2D eigenvalue weighted by molar-refractivity contribution is -0.165. The first-order valence-corrected chi connectivity index (χ1v) is 16.1. The summed E-state index contributed by atoms with van der Waals surface area (Å²) in [5, 5.41) is 7.64. The summed E-state index contributed by atoms with van der Waals surface area (Å²) in [4.78, 5) is 79.9. The number of rotatable bonds is 13. The maximum Gasteiger partial charge on any atom is 0.389 e. The molecule has 1 aliphatic heterocycles. The van der Waals surface area contributed by atoms with Gasteiger partial charge >= 0.3 is 18.2 Å². The number of nitrogens with one attached hydrogen (secondary N) is 3. The predicted octanol–water partition coefficient (Wildman–Crippen LogP) is 3.91. The van der Waals surface area contributed by atoms with E-state index in [-0.39, 0.29) is 25.3 Å². The molecule has 48 heavy (non-hydrogen) atoms. The number of Topliss-reactive ketones (excluding diaryl/α,β-unsaturated/α-hetero) is 1. The number of esters is 1. The summed E-state index contributed by atoms with van der Waals surface area (Å²) in [6.45, 7) is 19.1. The molecule has 15 heteroatoms. The molecule has 0 spiro atoms. The Hall–Kier alpha value is -3.65. The average molecular weight is 690 g/mol. The number of allylic oxidation sites excluding steroid dienone is 1. The van der Waals surface area contributed by atoms with Crippen LogP contribution in [0.4, 0.5) is 18.0 Å². The van der Waals surface area contributed by atoms with E-state index in [1.807, 2.05) is 19.9 Å². The molecule has 0 aromatic carbocycles. The van der Waals surface area contributed by atoms with E-state index < -0.39 is 95.1 Å². The van der Waals surface area contributed by atoms with Gasteiger partial charge in [-0.2, -0.15) is 13.2 Å². The summed E-state index contributed by atoms with van der Waals surface area (Å²) in [6, 6.07) is -5.18. The van der Waals surface area contributed by atoms with Gasteiger partial charge in [-0.05, 0) is 71.1 Å². The number of hydrogen-bond donors (Lipinski definition) is 4. The van der Waals surface area contributed by atoms with E-state index in [1.54, 1.807) is 62.3 Å². The SMILES string of the molecule is CCC(NC(=O)N[C@H](C(=O)N1C[C@H](C=C(C)C)C[C@H]1C(=O)NC(CCC(F)(F)F)C(=O)C(N)=O)C(C)(C)C)(C(=O)OC(C)(C)C)C(C)C. The van der Waals surface area contributed by atoms with Gasteiger partial charge in [-0.15, -0.1) is 0 Å². The first-order valence-electron chi connectivity index (χ1n) is 16.1. The smallest absolute Gasteiger partial charge is 0.389 e. The highest BCUT2D eigenvalue weighted by molar-refractivity contribution is 6.37. The molecule has 274 valence electrons. The van der Waals surface area contributed by atoms with Gasteiger partial charge in [0.25, 0.3) is 5.91 Å². The molecule has 0 aliphatic carbocycles. The fourth-order valence-electron chi connectivity index (χ4n) is 5.59. The summed E-state index contributed by atoms with van der Waals surface area (Å²) in [5.74, 6) is -5.91. The van der Waals surface area contributed by atoms with Crippen molar-refractivity contribution < 1.29 is 46.7 Å². The van der Waals surface area contributed by atoms with Crippen molar-refractivity contribution in [3.05, 3.63) is 11.6 Å². The van der Waals surface area contributed by atoms with Crippen LogP contribution in [0.3, 0.4) is 0 Å². The molecule has 1 rings (SSSR count). The quantitative estimate of drug-likeness (QED) is 0.129. The lowest BCUT2D eigenvalue weighted by Crippen LogP contribution is -2.65. The van der Waals surface area contributed by atoms with E-state index in [9.17, 15) is 41.9 Å². The van der Waals surface area contributed by atoms with Crippen LogP contribution in [0.5, 0.6) is 0 Å². The molecule has 0 radical (unpaired) electrons. The molecule has 1 aliphatic rings. The Labute approximate surface area is 281 Å². The first kappa shape index (κ1) is 42.4. The van der Waals surface area contributed by atoms with Crippen molar-refractivity contribution >= 4 is 35.5 Å². The average Bonchev–Trinajstić information content (AvgIpc) is 3.32. The molecule has 1 heterocycles. The number of nitrogens with zero attached hydrogens (tertiary/aromatic N) is 1. The van der Waals surface area contributed by atoms with Crippen molar-refractivity contribution in [1.82, 2.24) is 20.9 Å². The Kier molecular flexibility index (Phi) is 14.3. The standard InChI is InChI=1S/C33H54F3N5O7/c1-12-32(19(4)5,28(46)48-31(9,10)11)40-29(47)39-24(30(6,7)8)27(45)41-17-20(15-18(2)3)16-22(41)26(44)38-21(23(42)25(37)43)13-14-33(34,35)36/h15,19-22,24H,12-14,16-17H2,1-11H3,(H2,37,43)(H,38,44)(H2,39,40,47)/t20-,21?,22+,24-,32?/m1/s1. The van der Waals surface area contributed by atoms with Crippen LogP contribution in [-0.4, -0.2) is 82.4 Å². The van der Waals surface area contributed by atoms with E-state index in [1.165, 1.54) is 4.90 Å². The van der Waals surface area contributed by atoms with Crippen molar-refractivity contribution in [3.63, 3.8) is 0 Å². The summed E-state index contributed by atoms with van der Waals surface area (Å²) < 4.78 is 44.6. The monoisotopic (exact) mass is 689 g/mol. The third-order valence-electron chi connectivity index (χ3n) is 8.11. The van der Waals surface area contributed by atoms with E-state index in [0.29, 0.717) is 0 Å². The molecule has 1 saturated heterocycles. The minimum atomic E-state index is -4.68.